The lowest BCUT2D eigenvalue weighted by Gasteiger charge is -2.31. The fraction of sp³-hybridized carbons (Fsp3) is 0.500. The van der Waals surface area contributed by atoms with E-state index in [1.54, 1.807) is 4.90 Å². The second-order valence-electron chi connectivity index (χ2n) is 9.96. The summed E-state index contributed by atoms with van der Waals surface area (Å²) in [6.07, 6.45) is 4.88. The van der Waals surface area contributed by atoms with Crippen LogP contribution in [0.3, 0.4) is 0 Å². The van der Waals surface area contributed by atoms with Crippen molar-refractivity contribution in [2.45, 2.75) is 83.8 Å². The van der Waals surface area contributed by atoms with Gasteiger partial charge in [-0.25, -0.2) is 0 Å². The second-order valence-corrected chi connectivity index (χ2v) is 9.96. The molecule has 0 aromatic heterocycles. The molecule has 5 heteroatoms. The largest absolute Gasteiger partial charge is 0.483 e. The minimum absolute atomic E-state index is 0.0660. The summed E-state index contributed by atoms with van der Waals surface area (Å²) < 4.78 is 6.03. The molecule has 33 heavy (non-hydrogen) atoms. The van der Waals surface area contributed by atoms with Crippen molar-refractivity contribution in [2.75, 3.05) is 6.61 Å². The van der Waals surface area contributed by atoms with Gasteiger partial charge in [0, 0.05) is 12.6 Å². The van der Waals surface area contributed by atoms with Gasteiger partial charge in [0.2, 0.25) is 5.91 Å². The van der Waals surface area contributed by atoms with Gasteiger partial charge in [-0.15, -0.1) is 0 Å². The van der Waals surface area contributed by atoms with Gasteiger partial charge in [0.1, 0.15) is 11.8 Å². The van der Waals surface area contributed by atoms with Gasteiger partial charge in [-0.05, 0) is 41.9 Å². The van der Waals surface area contributed by atoms with Gasteiger partial charge in [-0.1, -0.05) is 89.1 Å². The number of carbonyl (C=O) groups is 2. The van der Waals surface area contributed by atoms with Gasteiger partial charge in [-0.2, -0.15) is 0 Å². The van der Waals surface area contributed by atoms with Gasteiger partial charge in [-0.3, -0.25) is 9.59 Å². The third-order valence-corrected chi connectivity index (χ3v) is 6.33. The van der Waals surface area contributed by atoms with Crippen LogP contribution in [0.25, 0.3) is 0 Å². The number of ether oxygens (including phenoxy) is 1. The van der Waals surface area contributed by atoms with E-state index in [0.29, 0.717) is 18.7 Å². The van der Waals surface area contributed by atoms with E-state index in [0.717, 1.165) is 36.8 Å². The van der Waals surface area contributed by atoms with Gasteiger partial charge in [0.05, 0.1) is 0 Å². The quantitative estimate of drug-likeness (QED) is 0.569. The molecule has 1 fully saturated rings. The van der Waals surface area contributed by atoms with Crippen molar-refractivity contribution in [3.8, 4) is 5.75 Å². The summed E-state index contributed by atoms with van der Waals surface area (Å²) in [5.74, 6) is 0.459. The van der Waals surface area contributed by atoms with Crippen LogP contribution in [0.2, 0.25) is 0 Å². The lowest BCUT2D eigenvalue weighted by atomic mass is 9.86. The number of nitrogens with zero attached hydrogens (tertiary/aromatic N) is 1. The average Bonchev–Trinajstić information content (AvgIpc) is 3.30. The number of hydrogen-bond acceptors (Lipinski definition) is 3. The zero-order valence-electron chi connectivity index (χ0n) is 20.5. The van der Waals surface area contributed by atoms with Crippen molar-refractivity contribution >= 4 is 11.8 Å². The zero-order chi connectivity index (χ0) is 23.8. The first-order valence-corrected chi connectivity index (χ1v) is 12.2. The maximum Gasteiger partial charge on any atom is 0.261 e. The Hall–Kier alpha value is -2.82. The molecule has 178 valence electrons. The molecule has 0 heterocycles. The normalized spacial score (nSPS) is 15.2. The third kappa shape index (κ3) is 6.83. The van der Waals surface area contributed by atoms with Crippen molar-refractivity contribution < 1.29 is 14.3 Å². The highest BCUT2D eigenvalue weighted by Gasteiger charge is 2.31. The number of carbonyl (C=O) groups excluding carboxylic acids is 2. The van der Waals surface area contributed by atoms with Crippen LogP contribution in [-0.2, 0) is 21.5 Å². The van der Waals surface area contributed by atoms with Crippen LogP contribution in [-0.4, -0.2) is 35.4 Å². The van der Waals surface area contributed by atoms with Crippen molar-refractivity contribution in [3.05, 3.63) is 65.7 Å². The van der Waals surface area contributed by atoms with Crippen LogP contribution in [0.15, 0.2) is 54.6 Å². The highest BCUT2D eigenvalue weighted by molar-refractivity contribution is 5.88. The fourth-order valence-electron chi connectivity index (χ4n) is 4.50. The minimum Gasteiger partial charge on any atom is -0.483 e. The minimum atomic E-state index is -0.528. The van der Waals surface area contributed by atoms with E-state index in [4.69, 9.17) is 4.74 Å². The van der Waals surface area contributed by atoms with Gasteiger partial charge < -0.3 is 15.0 Å². The van der Waals surface area contributed by atoms with Crippen LogP contribution in [0.5, 0.6) is 5.75 Å². The SMILES string of the molecule is CC[C@@H](C(=O)NC1CCCC1)N(Cc1ccccc1)C(=O)COc1ccccc1C(C)(C)C. The monoisotopic (exact) mass is 450 g/mol. The highest BCUT2D eigenvalue weighted by atomic mass is 16.5. The van der Waals surface area contributed by atoms with Crippen molar-refractivity contribution in [1.29, 1.82) is 0 Å². The topological polar surface area (TPSA) is 58.6 Å². The molecule has 1 aliphatic carbocycles. The summed E-state index contributed by atoms with van der Waals surface area (Å²) >= 11 is 0. The van der Waals surface area contributed by atoms with E-state index >= 15 is 0 Å². The first-order chi connectivity index (χ1) is 15.8. The maximum atomic E-state index is 13.4. The fourth-order valence-corrected chi connectivity index (χ4v) is 4.50. The zero-order valence-corrected chi connectivity index (χ0v) is 20.5. The lowest BCUT2D eigenvalue weighted by molar-refractivity contribution is -0.143. The van der Waals surface area contributed by atoms with E-state index in [-0.39, 0.29) is 29.9 Å². The molecule has 0 bridgehead atoms. The molecule has 0 saturated heterocycles. The van der Waals surface area contributed by atoms with Crippen molar-refractivity contribution in [3.63, 3.8) is 0 Å². The summed E-state index contributed by atoms with van der Waals surface area (Å²) in [7, 11) is 0. The van der Waals surface area contributed by atoms with E-state index in [9.17, 15) is 9.59 Å². The Morgan fingerprint density at radius 3 is 2.30 bits per heavy atom. The van der Waals surface area contributed by atoms with E-state index in [1.165, 1.54) is 0 Å². The van der Waals surface area contributed by atoms with Crippen LogP contribution in [0.4, 0.5) is 0 Å². The molecule has 0 spiro atoms. The highest BCUT2D eigenvalue weighted by Crippen LogP contribution is 2.31. The van der Waals surface area contributed by atoms with Gasteiger partial charge >= 0.3 is 0 Å². The third-order valence-electron chi connectivity index (χ3n) is 6.33. The van der Waals surface area contributed by atoms with E-state index < -0.39 is 6.04 Å². The number of nitrogens with one attached hydrogen (secondary N) is 1. The second kappa shape index (κ2) is 11.4. The molecule has 1 saturated carbocycles. The van der Waals surface area contributed by atoms with Crippen molar-refractivity contribution in [2.24, 2.45) is 0 Å². The number of rotatable bonds is 9. The van der Waals surface area contributed by atoms with Crippen LogP contribution < -0.4 is 10.1 Å². The molecule has 1 atom stereocenters. The molecule has 2 aromatic rings. The van der Waals surface area contributed by atoms with Gasteiger partial charge in [0.15, 0.2) is 6.61 Å². The smallest absolute Gasteiger partial charge is 0.261 e. The molecular formula is C28H38N2O3. The first-order valence-electron chi connectivity index (χ1n) is 12.2. The molecule has 1 N–H and O–H groups in total. The first kappa shape index (κ1) is 24.8. The Labute approximate surface area is 198 Å². The van der Waals surface area contributed by atoms with Gasteiger partial charge in [0.25, 0.3) is 5.91 Å². The Kier molecular flexibility index (Phi) is 8.54. The summed E-state index contributed by atoms with van der Waals surface area (Å²) in [6, 6.07) is 17.3. The van der Waals surface area contributed by atoms with E-state index in [2.05, 4.69) is 26.1 Å². The summed E-state index contributed by atoms with van der Waals surface area (Å²) in [6.45, 7) is 8.60. The lowest BCUT2D eigenvalue weighted by Crippen LogP contribution is -2.52. The van der Waals surface area contributed by atoms with E-state index in [1.807, 2.05) is 61.5 Å². The number of para-hydroxylation sites is 1. The molecule has 0 aliphatic heterocycles. The van der Waals surface area contributed by atoms with Crippen LogP contribution in [0.1, 0.15) is 70.9 Å². The molecule has 5 nitrogen and oxygen atoms in total. The summed E-state index contributed by atoms with van der Waals surface area (Å²) in [5, 5.41) is 3.18. The standard InChI is InChI=1S/C28H38N2O3/c1-5-24(27(32)29-22-15-9-10-16-22)30(19-21-13-7-6-8-14-21)26(31)20-33-25-18-12-11-17-23(25)28(2,3)4/h6-8,11-14,17-18,22,24H,5,9-10,15-16,19-20H2,1-4H3,(H,29,32)/t24-/m0/s1. The molecule has 0 radical (unpaired) electrons. The molecule has 1 aliphatic rings. The average molecular weight is 451 g/mol. The Morgan fingerprint density at radius 1 is 1.03 bits per heavy atom. The molecule has 3 rings (SSSR count). The number of benzene rings is 2. The van der Waals surface area contributed by atoms with Crippen molar-refractivity contribution in [1.82, 2.24) is 10.2 Å². The Bertz CT molecular complexity index is 914. The maximum absolute atomic E-state index is 13.4. The summed E-state index contributed by atoms with van der Waals surface area (Å²) in [5.41, 5.74) is 1.95. The van der Waals surface area contributed by atoms with Crippen LogP contribution in [0, 0.1) is 0 Å². The number of hydrogen-bond donors (Lipinski definition) is 1. The molecule has 0 unspecified atom stereocenters. The predicted molar refractivity (Wildman–Crippen MR) is 132 cm³/mol. The Morgan fingerprint density at radius 2 is 1.67 bits per heavy atom. The predicted octanol–water partition coefficient (Wildman–Crippen LogP) is 5.23. The molecule has 2 aromatic carbocycles. The van der Waals surface area contributed by atoms with Crippen LogP contribution >= 0.6 is 0 Å². The number of amides is 2. The molecular weight excluding hydrogens is 412 g/mol. The molecule has 2 amide bonds. The summed E-state index contributed by atoms with van der Waals surface area (Å²) in [4.78, 5) is 28.3. The Balaban J connectivity index is 1.78.